The summed E-state index contributed by atoms with van der Waals surface area (Å²) in [6.07, 6.45) is 13.4. The first kappa shape index (κ1) is 21.0. The summed E-state index contributed by atoms with van der Waals surface area (Å²) >= 11 is 0. The van der Waals surface area contributed by atoms with Crippen LogP contribution in [0.1, 0.15) is 72.9 Å². The van der Waals surface area contributed by atoms with Crippen LogP contribution in [0.25, 0.3) is 27.9 Å². The Morgan fingerprint density at radius 2 is 2.00 bits per heavy atom. The van der Waals surface area contributed by atoms with Crippen LogP contribution in [0.2, 0.25) is 0 Å². The van der Waals surface area contributed by atoms with Crippen LogP contribution < -0.4 is 0 Å². The largest absolute Gasteiger partial charge is 0.358 e. The summed E-state index contributed by atoms with van der Waals surface area (Å²) in [6.45, 7) is 6.59. The van der Waals surface area contributed by atoms with Crippen LogP contribution in [0, 0.1) is 12.7 Å². The minimum atomic E-state index is -0.220. The van der Waals surface area contributed by atoms with Gasteiger partial charge in [0.25, 0.3) is 0 Å². The average molecular weight is 450 g/mol. The number of hydrogen-bond acceptors (Lipinski definition) is 2. The topological polar surface area (TPSA) is 41.0 Å². The Bertz CT molecular complexity index is 1540. The number of H-pyrrole nitrogens is 1. The molecular formula is C30H28FN3. The highest BCUT2D eigenvalue weighted by Crippen LogP contribution is 2.49. The summed E-state index contributed by atoms with van der Waals surface area (Å²) in [6, 6.07) is 9.21. The summed E-state index contributed by atoms with van der Waals surface area (Å²) in [5.74, 6) is 0.438. The number of nitrogens with zero attached hydrogens (tertiary/aromatic N) is 2. The number of aryl methyl sites for hydroxylation is 1. The zero-order valence-corrected chi connectivity index (χ0v) is 19.8. The van der Waals surface area contributed by atoms with Gasteiger partial charge in [-0.3, -0.25) is 9.98 Å². The van der Waals surface area contributed by atoms with Crippen molar-refractivity contribution in [3.05, 3.63) is 88.5 Å². The fraction of sp³-hybridized carbons (Fsp3) is 0.267. The second-order valence-electron chi connectivity index (χ2n) is 9.60. The molecule has 4 heteroatoms. The number of aliphatic imine (C=N–C) groups is 1. The molecule has 0 fully saturated rings. The molecule has 170 valence electrons. The van der Waals surface area contributed by atoms with Crippen LogP contribution in [0.5, 0.6) is 0 Å². The van der Waals surface area contributed by atoms with E-state index in [1.165, 1.54) is 28.1 Å². The van der Waals surface area contributed by atoms with Gasteiger partial charge in [-0.1, -0.05) is 44.2 Å². The second-order valence-corrected chi connectivity index (χ2v) is 9.60. The van der Waals surface area contributed by atoms with Crippen LogP contribution in [-0.4, -0.2) is 15.7 Å². The Labute approximate surface area is 199 Å². The number of hydrogen-bond donors (Lipinski definition) is 1. The third kappa shape index (κ3) is 3.16. The van der Waals surface area contributed by atoms with Gasteiger partial charge in [0.2, 0.25) is 0 Å². The quantitative estimate of drug-likeness (QED) is 0.329. The van der Waals surface area contributed by atoms with E-state index in [-0.39, 0.29) is 5.82 Å². The van der Waals surface area contributed by atoms with Crippen molar-refractivity contribution in [1.29, 1.82) is 0 Å². The molecule has 6 rings (SSSR count). The number of benzene rings is 2. The van der Waals surface area contributed by atoms with E-state index < -0.39 is 0 Å². The zero-order valence-electron chi connectivity index (χ0n) is 19.8. The lowest BCUT2D eigenvalue weighted by Gasteiger charge is -2.30. The molecule has 1 aliphatic carbocycles. The molecule has 34 heavy (non-hydrogen) atoms. The summed E-state index contributed by atoms with van der Waals surface area (Å²) in [5, 5.41) is 2.13. The predicted octanol–water partition coefficient (Wildman–Crippen LogP) is 8.26. The maximum absolute atomic E-state index is 14.2. The molecule has 3 nitrogen and oxygen atoms in total. The molecule has 0 bridgehead atoms. The highest BCUT2D eigenvalue weighted by Gasteiger charge is 2.31. The molecule has 1 aliphatic heterocycles. The zero-order chi connectivity index (χ0) is 23.4. The van der Waals surface area contributed by atoms with Gasteiger partial charge in [-0.25, -0.2) is 4.39 Å². The van der Waals surface area contributed by atoms with Gasteiger partial charge < -0.3 is 4.98 Å². The normalized spacial score (nSPS) is 19.6. The van der Waals surface area contributed by atoms with E-state index in [0.29, 0.717) is 11.8 Å². The number of aromatic nitrogens is 2. The van der Waals surface area contributed by atoms with Gasteiger partial charge in [0, 0.05) is 39.3 Å². The molecular weight excluding hydrogens is 421 g/mol. The van der Waals surface area contributed by atoms with Crippen LogP contribution >= 0.6 is 0 Å². The fourth-order valence-electron chi connectivity index (χ4n) is 5.89. The van der Waals surface area contributed by atoms with Gasteiger partial charge in [0.05, 0.1) is 16.9 Å². The van der Waals surface area contributed by atoms with Crippen molar-refractivity contribution >= 4 is 39.3 Å². The Hall–Kier alpha value is -3.53. The summed E-state index contributed by atoms with van der Waals surface area (Å²) in [5.41, 5.74) is 9.99. The smallest absolute Gasteiger partial charge is 0.123 e. The molecule has 2 aromatic carbocycles. The van der Waals surface area contributed by atoms with Crippen molar-refractivity contribution in [3.8, 4) is 0 Å². The maximum atomic E-state index is 14.2. The minimum Gasteiger partial charge on any atom is -0.358 e. The summed E-state index contributed by atoms with van der Waals surface area (Å²) in [7, 11) is 0. The van der Waals surface area contributed by atoms with E-state index in [2.05, 4.69) is 56.1 Å². The molecule has 4 aromatic rings. The molecule has 0 saturated carbocycles. The third-order valence-electron chi connectivity index (χ3n) is 7.47. The standard InChI is InChI=1S/C30H28FN3/c1-4-19-15-25(27-18(3)33-24-13-12-20(31)16-23(24)27)34-30-21-10-7-5-6-9-17(2)26(21)29-22(28(19)30)11-8-14-32-29/h5-8,10-14,16-17,19,33H,4,9,15H2,1-3H3. The number of pyridine rings is 1. The molecule has 0 saturated heterocycles. The molecule has 2 aliphatic rings. The van der Waals surface area contributed by atoms with E-state index in [1.807, 2.05) is 18.3 Å². The van der Waals surface area contributed by atoms with Crippen molar-refractivity contribution in [2.75, 3.05) is 0 Å². The first-order valence-corrected chi connectivity index (χ1v) is 12.2. The number of fused-ring (bicyclic) bond motifs is 7. The molecule has 2 atom stereocenters. The number of rotatable bonds is 2. The lowest BCUT2D eigenvalue weighted by Crippen LogP contribution is -2.16. The van der Waals surface area contributed by atoms with Gasteiger partial charge in [-0.2, -0.15) is 0 Å². The lowest BCUT2D eigenvalue weighted by molar-refractivity contribution is 0.629. The summed E-state index contributed by atoms with van der Waals surface area (Å²) in [4.78, 5) is 13.7. The molecule has 0 radical (unpaired) electrons. The average Bonchev–Trinajstić information content (AvgIpc) is 3.16. The van der Waals surface area contributed by atoms with Crippen molar-refractivity contribution in [2.45, 2.75) is 51.9 Å². The van der Waals surface area contributed by atoms with Gasteiger partial charge in [0.1, 0.15) is 5.82 Å². The molecule has 3 heterocycles. The number of aromatic amines is 1. The Morgan fingerprint density at radius 1 is 1.12 bits per heavy atom. The van der Waals surface area contributed by atoms with Crippen LogP contribution in [0.3, 0.4) is 0 Å². The van der Waals surface area contributed by atoms with Gasteiger partial charge in [-0.05, 0) is 73.4 Å². The predicted molar refractivity (Wildman–Crippen MR) is 140 cm³/mol. The van der Waals surface area contributed by atoms with Gasteiger partial charge in [0.15, 0.2) is 0 Å². The minimum absolute atomic E-state index is 0.220. The molecule has 0 amide bonds. The van der Waals surface area contributed by atoms with E-state index in [1.54, 1.807) is 6.07 Å². The van der Waals surface area contributed by atoms with Crippen LogP contribution in [0.4, 0.5) is 10.1 Å². The Balaban J connectivity index is 1.71. The van der Waals surface area contributed by atoms with Crippen molar-refractivity contribution < 1.29 is 4.39 Å². The lowest BCUT2D eigenvalue weighted by atomic mass is 9.78. The van der Waals surface area contributed by atoms with Crippen molar-refractivity contribution in [1.82, 2.24) is 9.97 Å². The Kier molecular flexibility index (Phi) is 4.98. The fourth-order valence-corrected chi connectivity index (χ4v) is 5.89. The maximum Gasteiger partial charge on any atom is 0.123 e. The van der Waals surface area contributed by atoms with E-state index in [9.17, 15) is 4.39 Å². The van der Waals surface area contributed by atoms with Crippen LogP contribution in [-0.2, 0) is 0 Å². The van der Waals surface area contributed by atoms with E-state index >= 15 is 0 Å². The monoisotopic (exact) mass is 449 g/mol. The summed E-state index contributed by atoms with van der Waals surface area (Å²) < 4.78 is 14.2. The van der Waals surface area contributed by atoms with Crippen molar-refractivity contribution in [3.63, 3.8) is 0 Å². The Morgan fingerprint density at radius 3 is 2.85 bits per heavy atom. The van der Waals surface area contributed by atoms with Crippen molar-refractivity contribution in [2.24, 2.45) is 4.99 Å². The van der Waals surface area contributed by atoms with E-state index in [0.717, 1.165) is 58.3 Å². The highest BCUT2D eigenvalue weighted by atomic mass is 19.1. The van der Waals surface area contributed by atoms with Gasteiger partial charge in [-0.15, -0.1) is 0 Å². The number of halogens is 1. The third-order valence-corrected chi connectivity index (χ3v) is 7.47. The number of allylic oxidation sites excluding steroid dienone is 3. The first-order chi connectivity index (χ1) is 16.6. The number of nitrogens with one attached hydrogen (secondary N) is 1. The highest BCUT2D eigenvalue weighted by molar-refractivity contribution is 6.15. The van der Waals surface area contributed by atoms with E-state index in [4.69, 9.17) is 9.98 Å². The molecule has 1 N–H and O–H groups in total. The molecule has 2 aromatic heterocycles. The molecule has 0 spiro atoms. The second kappa shape index (κ2) is 8.05. The molecule has 2 unspecified atom stereocenters. The van der Waals surface area contributed by atoms with Crippen LogP contribution in [0.15, 0.2) is 59.7 Å². The van der Waals surface area contributed by atoms with Gasteiger partial charge >= 0.3 is 0 Å². The first-order valence-electron chi connectivity index (χ1n) is 12.2. The SMILES string of the molecule is CCC1CC(c2c(C)[nH]c3ccc(F)cc23)=Nc2c3c(c4ncccc4c21)C(C)CC=CC=C3.